The number of hydrogen-bond acceptors (Lipinski definition) is 3. The largest absolute Gasteiger partial charge is 0.372 e. The maximum atomic E-state index is 11.6. The molecule has 4 nitrogen and oxygen atoms in total. The summed E-state index contributed by atoms with van der Waals surface area (Å²) in [7, 11) is 0. The Labute approximate surface area is 121 Å². The molecule has 4 N–H and O–H groups in total. The molecule has 1 amide bonds. The van der Waals surface area contributed by atoms with Gasteiger partial charge in [-0.05, 0) is 11.0 Å². The molecule has 0 radical (unpaired) electrons. The van der Waals surface area contributed by atoms with E-state index in [0.29, 0.717) is 18.5 Å². The lowest BCUT2D eigenvalue weighted by Crippen LogP contribution is -2.45. The van der Waals surface area contributed by atoms with Crippen LogP contribution in [0.5, 0.6) is 0 Å². The summed E-state index contributed by atoms with van der Waals surface area (Å²) in [6.07, 6.45) is 0.363. The molecule has 1 atom stereocenters. The second-order valence-corrected chi connectivity index (χ2v) is 6.50. The van der Waals surface area contributed by atoms with E-state index < -0.39 is 5.72 Å². The van der Waals surface area contributed by atoms with Gasteiger partial charge in [0.25, 0.3) is 0 Å². The van der Waals surface area contributed by atoms with Gasteiger partial charge in [0, 0.05) is 18.9 Å². The Morgan fingerprint density at radius 3 is 2.35 bits per heavy atom. The highest BCUT2D eigenvalue weighted by Gasteiger charge is 2.33. The second kappa shape index (κ2) is 6.37. The smallest absolute Gasteiger partial charge is 0.222 e. The van der Waals surface area contributed by atoms with E-state index in [4.69, 9.17) is 5.73 Å². The SMILES string of the molecule is CC(C)C(=O)NCC(C)(C)CC(N)(O)c1ccccc1. The molecule has 0 saturated carbocycles. The first-order chi connectivity index (χ1) is 9.14. The Morgan fingerprint density at radius 1 is 1.30 bits per heavy atom. The number of rotatable bonds is 6. The third kappa shape index (κ3) is 4.94. The van der Waals surface area contributed by atoms with E-state index in [1.807, 2.05) is 58.0 Å². The molecule has 4 heteroatoms. The number of hydrogen-bond donors (Lipinski definition) is 3. The van der Waals surface area contributed by atoms with Crippen LogP contribution in [0.1, 0.15) is 39.7 Å². The topological polar surface area (TPSA) is 75.4 Å². The molecule has 0 aromatic heterocycles. The van der Waals surface area contributed by atoms with Gasteiger partial charge in [-0.3, -0.25) is 10.5 Å². The fourth-order valence-electron chi connectivity index (χ4n) is 2.15. The predicted molar refractivity (Wildman–Crippen MR) is 80.8 cm³/mol. The van der Waals surface area contributed by atoms with E-state index in [0.717, 1.165) is 0 Å². The zero-order valence-corrected chi connectivity index (χ0v) is 12.8. The first kappa shape index (κ1) is 16.7. The normalized spacial score (nSPS) is 14.9. The van der Waals surface area contributed by atoms with Crippen molar-refractivity contribution in [2.75, 3.05) is 6.54 Å². The molecule has 0 aliphatic carbocycles. The zero-order chi connectivity index (χ0) is 15.4. The van der Waals surface area contributed by atoms with Crippen LogP contribution in [0.4, 0.5) is 0 Å². The summed E-state index contributed by atoms with van der Waals surface area (Å²) in [6, 6.07) is 9.19. The lowest BCUT2D eigenvalue weighted by molar-refractivity contribution is -0.124. The summed E-state index contributed by atoms with van der Waals surface area (Å²) in [4.78, 5) is 11.6. The number of carbonyl (C=O) groups is 1. The average Bonchev–Trinajstić information content (AvgIpc) is 2.35. The van der Waals surface area contributed by atoms with Crippen LogP contribution in [-0.4, -0.2) is 17.6 Å². The minimum Gasteiger partial charge on any atom is -0.372 e. The van der Waals surface area contributed by atoms with Crippen LogP contribution in [0.3, 0.4) is 0 Å². The summed E-state index contributed by atoms with van der Waals surface area (Å²) < 4.78 is 0. The highest BCUT2D eigenvalue weighted by atomic mass is 16.3. The summed E-state index contributed by atoms with van der Waals surface area (Å²) in [5, 5.41) is 13.4. The molecule has 0 heterocycles. The van der Waals surface area contributed by atoms with E-state index in [1.54, 1.807) is 0 Å². The Kier molecular flexibility index (Phi) is 5.31. The molecule has 0 aliphatic rings. The van der Waals surface area contributed by atoms with Gasteiger partial charge in [-0.15, -0.1) is 0 Å². The zero-order valence-electron chi connectivity index (χ0n) is 12.8. The molecule has 20 heavy (non-hydrogen) atoms. The number of benzene rings is 1. The Hall–Kier alpha value is -1.39. The lowest BCUT2D eigenvalue weighted by atomic mass is 9.81. The molecule has 0 saturated heterocycles. The molecule has 1 rings (SSSR count). The van der Waals surface area contributed by atoms with E-state index in [-0.39, 0.29) is 17.2 Å². The molecule has 1 aromatic rings. The van der Waals surface area contributed by atoms with Crippen LogP contribution >= 0.6 is 0 Å². The predicted octanol–water partition coefficient (Wildman–Crippen LogP) is 1.98. The molecule has 1 unspecified atom stereocenters. The third-order valence-electron chi connectivity index (χ3n) is 3.29. The van der Waals surface area contributed by atoms with E-state index in [2.05, 4.69) is 5.32 Å². The minimum atomic E-state index is -1.40. The number of carbonyl (C=O) groups excluding carboxylic acids is 1. The number of aliphatic hydroxyl groups is 1. The van der Waals surface area contributed by atoms with Crippen molar-refractivity contribution in [2.45, 2.75) is 39.8 Å². The van der Waals surface area contributed by atoms with E-state index in [1.165, 1.54) is 0 Å². The van der Waals surface area contributed by atoms with Crippen molar-refractivity contribution in [1.29, 1.82) is 0 Å². The first-order valence-corrected chi connectivity index (χ1v) is 6.98. The van der Waals surface area contributed by atoms with Crippen molar-refractivity contribution in [3.05, 3.63) is 35.9 Å². The van der Waals surface area contributed by atoms with Gasteiger partial charge in [-0.2, -0.15) is 0 Å². The molecule has 0 aliphatic heterocycles. The number of nitrogens with one attached hydrogen (secondary N) is 1. The van der Waals surface area contributed by atoms with Crippen LogP contribution in [0, 0.1) is 11.3 Å². The van der Waals surface area contributed by atoms with Crippen molar-refractivity contribution in [2.24, 2.45) is 17.1 Å². The Bertz CT molecular complexity index is 439. The third-order valence-corrected chi connectivity index (χ3v) is 3.29. The molecule has 0 spiro atoms. The second-order valence-electron chi connectivity index (χ2n) is 6.50. The highest BCUT2D eigenvalue weighted by Crippen LogP contribution is 2.30. The molecular weight excluding hydrogens is 252 g/mol. The highest BCUT2D eigenvalue weighted by molar-refractivity contribution is 5.77. The van der Waals surface area contributed by atoms with Crippen LogP contribution in [-0.2, 0) is 10.5 Å². The first-order valence-electron chi connectivity index (χ1n) is 6.98. The van der Waals surface area contributed by atoms with Crippen LogP contribution in [0.2, 0.25) is 0 Å². The quantitative estimate of drug-likeness (QED) is 0.696. The minimum absolute atomic E-state index is 0.0124. The van der Waals surface area contributed by atoms with Gasteiger partial charge in [-0.1, -0.05) is 58.0 Å². The fourth-order valence-corrected chi connectivity index (χ4v) is 2.15. The van der Waals surface area contributed by atoms with Crippen molar-refractivity contribution in [3.63, 3.8) is 0 Å². The monoisotopic (exact) mass is 278 g/mol. The molecule has 0 bridgehead atoms. The fraction of sp³-hybridized carbons (Fsp3) is 0.562. The van der Waals surface area contributed by atoms with Gasteiger partial charge in [0.1, 0.15) is 5.72 Å². The number of nitrogens with two attached hydrogens (primary N) is 1. The van der Waals surface area contributed by atoms with Gasteiger partial charge < -0.3 is 10.4 Å². The summed E-state index contributed by atoms with van der Waals surface area (Å²) in [6.45, 7) is 8.15. The molecule has 112 valence electrons. The van der Waals surface area contributed by atoms with Gasteiger partial charge >= 0.3 is 0 Å². The van der Waals surface area contributed by atoms with Gasteiger partial charge in [0.15, 0.2) is 0 Å². The average molecular weight is 278 g/mol. The van der Waals surface area contributed by atoms with Crippen molar-refractivity contribution < 1.29 is 9.90 Å². The standard InChI is InChI=1S/C16H26N2O2/c1-12(2)14(19)18-11-15(3,4)10-16(17,20)13-8-6-5-7-9-13/h5-9,12,20H,10-11,17H2,1-4H3,(H,18,19). The Balaban J connectivity index is 2.67. The van der Waals surface area contributed by atoms with Crippen LogP contribution < -0.4 is 11.1 Å². The molecule has 0 fully saturated rings. The van der Waals surface area contributed by atoms with Crippen molar-refractivity contribution >= 4 is 5.91 Å². The summed E-state index contributed by atoms with van der Waals surface area (Å²) in [5.41, 5.74) is 5.02. The summed E-state index contributed by atoms with van der Waals surface area (Å²) >= 11 is 0. The maximum absolute atomic E-state index is 11.6. The summed E-state index contributed by atoms with van der Waals surface area (Å²) in [5.74, 6) is -0.0324. The van der Waals surface area contributed by atoms with Crippen LogP contribution in [0.25, 0.3) is 0 Å². The van der Waals surface area contributed by atoms with Gasteiger partial charge in [0.2, 0.25) is 5.91 Å². The van der Waals surface area contributed by atoms with Gasteiger partial charge in [-0.25, -0.2) is 0 Å². The van der Waals surface area contributed by atoms with Gasteiger partial charge in [0.05, 0.1) is 0 Å². The van der Waals surface area contributed by atoms with Crippen molar-refractivity contribution in [1.82, 2.24) is 5.32 Å². The van der Waals surface area contributed by atoms with Crippen LogP contribution in [0.15, 0.2) is 30.3 Å². The lowest BCUT2D eigenvalue weighted by Gasteiger charge is -2.34. The van der Waals surface area contributed by atoms with E-state index in [9.17, 15) is 9.90 Å². The van der Waals surface area contributed by atoms with E-state index >= 15 is 0 Å². The van der Waals surface area contributed by atoms with Crippen molar-refractivity contribution in [3.8, 4) is 0 Å². The molecule has 1 aromatic carbocycles. The molecular formula is C16H26N2O2. The Morgan fingerprint density at radius 2 is 1.85 bits per heavy atom. The number of amides is 1. The maximum Gasteiger partial charge on any atom is 0.222 e.